The van der Waals surface area contributed by atoms with Crippen LogP contribution in [-0.2, 0) is 20.7 Å². The van der Waals surface area contributed by atoms with Crippen LogP contribution in [0.1, 0.15) is 65.3 Å². The Kier molecular flexibility index (Phi) is 7.62. The van der Waals surface area contributed by atoms with Crippen LogP contribution in [0.3, 0.4) is 0 Å². The third-order valence-electron chi connectivity index (χ3n) is 6.71. The third kappa shape index (κ3) is 4.95. The first-order valence-corrected chi connectivity index (χ1v) is 14.0. The summed E-state index contributed by atoms with van der Waals surface area (Å²) in [4.78, 5) is 45.6. The highest BCUT2D eigenvalue weighted by Gasteiger charge is 2.48. The first-order chi connectivity index (χ1) is 19.2. The zero-order valence-electron chi connectivity index (χ0n) is 22.7. The molecule has 0 saturated carbocycles. The highest BCUT2D eigenvalue weighted by atomic mass is 32.1. The maximum Gasteiger partial charge on any atom is 0.350 e. The molecule has 2 atom stereocenters. The third-order valence-corrected chi connectivity index (χ3v) is 7.85. The maximum absolute atomic E-state index is 13.6. The molecule has 1 aromatic heterocycles. The zero-order valence-corrected chi connectivity index (χ0v) is 23.5. The number of hydrogen-bond donors (Lipinski definition) is 1. The van der Waals surface area contributed by atoms with Crippen LogP contribution in [0, 0.1) is 6.92 Å². The van der Waals surface area contributed by atoms with Gasteiger partial charge in [0.1, 0.15) is 28.2 Å². The van der Waals surface area contributed by atoms with E-state index in [4.69, 9.17) is 14.2 Å². The molecule has 40 heavy (non-hydrogen) atoms. The first-order valence-electron chi connectivity index (χ1n) is 13.2. The average Bonchev–Trinajstić information content (AvgIpc) is 3.59. The van der Waals surface area contributed by atoms with Crippen molar-refractivity contribution in [2.45, 2.75) is 52.7 Å². The molecule has 208 valence electrons. The van der Waals surface area contributed by atoms with E-state index in [0.717, 1.165) is 29.1 Å². The number of fused-ring (bicyclic) bond motifs is 1. The lowest BCUT2D eigenvalue weighted by Crippen LogP contribution is -2.29. The highest BCUT2D eigenvalue weighted by Crippen LogP contribution is 2.45. The number of Topliss-reactive ketones (excluding diaryl/α,β-unsaturated/α-hetero) is 1. The summed E-state index contributed by atoms with van der Waals surface area (Å²) in [6.07, 6.45) is 1.48. The van der Waals surface area contributed by atoms with Gasteiger partial charge in [0.25, 0.3) is 5.78 Å². The molecule has 2 aliphatic rings. The molecule has 9 nitrogen and oxygen atoms in total. The van der Waals surface area contributed by atoms with Crippen LogP contribution in [-0.4, -0.2) is 47.1 Å². The van der Waals surface area contributed by atoms with Gasteiger partial charge in [0.2, 0.25) is 0 Å². The van der Waals surface area contributed by atoms with Gasteiger partial charge in [0.15, 0.2) is 5.13 Å². The molecule has 1 amide bonds. The Morgan fingerprint density at radius 1 is 1.20 bits per heavy atom. The molecule has 2 unspecified atom stereocenters. The standard InChI is InChI=1S/C30H30N2O7S/c1-5-12-38-21-9-7-8-18(15-21)24-23(25(33)19-10-11-22-20(14-19)13-16(3)39-22)26(34)28(35)32(24)30-31-17(4)27(40-30)29(36)37-6-2/h7-11,14-16,24,33H,5-6,12-13H2,1-4H3/b25-23+. The van der Waals surface area contributed by atoms with Crippen molar-refractivity contribution in [1.82, 2.24) is 4.98 Å². The number of carbonyl (C=O) groups is 3. The summed E-state index contributed by atoms with van der Waals surface area (Å²) in [6.45, 7) is 7.98. The number of amides is 1. The second-order valence-electron chi connectivity index (χ2n) is 9.68. The van der Waals surface area contributed by atoms with Gasteiger partial charge >= 0.3 is 11.9 Å². The van der Waals surface area contributed by atoms with E-state index in [1.165, 1.54) is 4.90 Å². The van der Waals surface area contributed by atoms with Crippen molar-refractivity contribution in [3.8, 4) is 11.5 Å². The number of nitrogens with zero attached hydrogens (tertiary/aromatic N) is 2. The molecule has 1 saturated heterocycles. The van der Waals surface area contributed by atoms with Gasteiger partial charge in [-0.05, 0) is 68.7 Å². The quantitative estimate of drug-likeness (QED) is 0.169. The van der Waals surface area contributed by atoms with Crippen molar-refractivity contribution < 1.29 is 33.7 Å². The smallest absolute Gasteiger partial charge is 0.350 e. The van der Waals surface area contributed by atoms with E-state index in [2.05, 4.69) is 4.98 Å². The molecule has 0 spiro atoms. The van der Waals surface area contributed by atoms with E-state index in [9.17, 15) is 19.5 Å². The summed E-state index contributed by atoms with van der Waals surface area (Å²) in [6, 6.07) is 11.3. The van der Waals surface area contributed by atoms with Crippen LogP contribution >= 0.6 is 11.3 Å². The average molecular weight is 563 g/mol. The molecule has 3 aromatic rings. The lowest BCUT2D eigenvalue weighted by atomic mass is 9.94. The van der Waals surface area contributed by atoms with E-state index >= 15 is 0 Å². The fourth-order valence-electron chi connectivity index (χ4n) is 4.94. The fourth-order valence-corrected chi connectivity index (χ4v) is 5.92. The lowest BCUT2D eigenvalue weighted by Gasteiger charge is -2.23. The second kappa shape index (κ2) is 11.1. The SMILES string of the molecule is CCCOc1cccc(C2/C(=C(\O)c3ccc4c(c3)CC(C)O4)C(=O)C(=O)N2c2nc(C)c(C(=O)OCC)s2)c1. The van der Waals surface area contributed by atoms with Crippen LogP contribution < -0.4 is 14.4 Å². The summed E-state index contributed by atoms with van der Waals surface area (Å²) in [5.41, 5.74) is 2.17. The van der Waals surface area contributed by atoms with Crippen molar-refractivity contribution in [2.24, 2.45) is 0 Å². The van der Waals surface area contributed by atoms with Crippen LogP contribution in [0.2, 0.25) is 0 Å². The molecule has 3 heterocycles. The summed E-state index contributed by atoms with van der Waals surface area (Å²) < 4.78 is 16.7. The van der Waals surface area contributed by atoms with Crippen LogP contribution in [0.15, 0.2) is 48.0 Å². The fraction of sp³-hybridized carbons (Fsp3) is 0.333. The number of carbonyl (C=O) groups excluding carboxylic acids is 3. The number of aliphatic hydroxyl groups is 1. The Balaban J connectivity index is 1.66. The number of aliphatic hydroxyl groups excluding tert-OH is 1. The summed E-state index contributed by atoms with van der Waals surface area (Å²) in [5.74, 6) is -1.26. The maximum atomic E-state index is 13.6. The number of aryl methyl sites for hydroxylation is 1. The van der Waals surface area contributed by atoms with E-state index in [-0.39, 0.29) is 34.1 Å². The van der Waals surface area contributed by atoms with Gasteiger partial charge in [-0.25, -0.2) is 9.78 Å². The number of ketones is 1. The van der Waals surface area contributed by atoms with E-state index in [1.54, 1.807) is 56.3 Å². The van der Waals surface area contributed by atoms with Gasteiger partial charge < -0.3 is 19.3 Å². The Morgan fingerprint density at radius 2 is 2.00 bits per heavy atom. The van der Waals surface area contributed by atoms with Crippen molar-refractivity contribution in [3.63, 3.8) is 0 Å². The Bertz CT molecular complexity index is 1530. The zero-order chi connectivity index (χ0) is 28.6. The van der Waals surface area contributed by atoms with Gasteiger partial charge in [-0.15, -0.1) is 0 Å². The molecule has 0 aliphatic carbocycles. The highest BCUT2D eigenvalue weighted by molar-refractivity contribution is 7.17. The summed E-state index contributed by atoms with van der Waals surface area (Å²) in [7, 11) is 0. The summed E-state index contributed by atoms with van der Waals surface area (Å²) in [5, 5.41) is 11.7. The molecule has 0 radical (unpaired) electrons. The topological polar surface area (TPSA) is 115 Å². The second-order valence-corrected chi connectivity index (χ2v) is 10.7. The number of benzene rings is 2. The Hall–Kier alpha value is -4.18. The molecule has 2 aliphatic heterocycles. The molecule has 1 N–H and O–H groups in total. The van der Waals surface area contributed by atoms with Gasteiger partial charge in [0, 0.05) is 12.0 Å². The van der Waals surface area contributed by atoms with Crippen LogP contribution in [0.4, 0.5) is 5.13 Å². The van der Waals surface area contributed by atoms with Crippen LogP contribution in [0.5, 0.6) is 11.5 Å². The number of thiazole rings is 1. The molecule has 0 bridgehead atoms. The summed E-state index contributed by atoms with van der Waals surface area (Å²) >= 11 is 0.968. The number of hydrogen-bond acceptors (Lipinski definition) is 9. The van der Waals surface area contributed by atoms with Crippen molar-refractivity contribution in [2.75, 3.05) is 18.1 Å². The van der Waals surface area contributed by atoms with Gasteiger partial charge in [-0.2, -0.15) is 0 Å². The van der Waals surface area contributed by atoms with Gasteiger partial charge in [-0.1, -0.05) is 30.4 Å². The molecule has 2 aromatic carbocycles. The number of anilines is 1. The monoisotopic (exact) mass is 562 g/mol. The molecule has 10 heteroatoms. The van der Waals surface area contributed by atoms with Crippen molar-refractivity contribution in [3.05, 3.63) is 75.3 Å². The molecule has 1 fully saturated rings. The first kappa shape index (κ1) is 27.4. The molecular formula is C30H30N2O7S. The van der Waals surface area contributed by atoms with Gasteiger partial charge in [-0.3, -0.25) is 14.5 Å². The van der Waals surface area contributed by atoms with Crippen molar-refractivity contribution >= 4 is 39.9 Å². The van der Waals surface area contributed by atoms with Gasteiger partial charge in [0.05, 0.1) is 30.5 Å². The minimum atomic E-state index is -1.01. The molecule has 5 rings (SSSR count). The normalized spacial score (nSPS) is 19.4. The number of esters is 1. The minimum absolute atomic E-state index is 0.00516. The van der Waals surface area contributed by atoms with Crippen LogP contribution in [0.25, 0.3) is 5.76 Å². The Morgan fingerprint density at radius 3 is 2.75 bits per heavy atom. The van der Waals surface area contributed by atoms with Crippen molar-refractivity contribution in [1.29, 1.82) is 0 Å². The lowest BCUT2D eigenvalue weighted by molar-refractivity contribution is -0.132. The molecular weight excluding hydrogens is 532 g/mol. The largest absolute Gasteiger partial charge is 0.507 e. The predicted molar refractivity (Wildman–Crippen MR) is 150 cm³/mol. The predicted octanol–water partition coefficient (Wildman–Crippen LogP) is 5.37. The van der Waals surface area contributed by atoms with E-state index in [0.29, 0.717) is 35.6 Å². The number of aromatic nitrogens is 1. The van der Waals surface area contributed by atoms with E-state index in [1.807, 2.05) is 13.8 Å². The minimum Gasteiger partial charge on any atom is -0.507 e. The van der Waals surface area contributed by atoms with E-state index < -0.39 is 23.7 Å². The Labute approximate surface area is 236 Å². The number of rotatable bonds is 8. The number of ether oxygens (including phenoxy) is 3.